The Hall–Kier alpha value is -1.17. The van der Waals surface area contributed by atoms with Gasteiger partial charge in [0.1, 0.15) is 5.66 Å². The van der Waals surface area contributed by atoms with E-state index in [0.717, 1.165) is 32.5 Å². The van der Waals surface area contributed by atoms with Crippen molar-refractivity contribution in [3.05, 3.63) is 23.8 Å². The van der Waals surface area contributed by atoms with Gasteiger partial charge in [-0.05, 0) is 38.2 Å². The topological polar surface area (TPSA) is 58.8 Å². The average Bonchev–Trinajstić information content (AvgIpc) is 3.10. The summed E-state index contributed by atoms with van der Waals surface area (Å²) in [6, 6.07) is 0.334. The lowest BCUT2D eigenvalue weighted by molar-refractivity contribution is -0.138. The predicted molar refractivity (Wildman–Crippen MR) is 95.3 cm³/mol. The van der Waals surface area contributed by atoms with Gasteiger partial charge in [-0.3, -0.25) is 14.6 Å². The molecular formula is C19H31N3O2. The fourth-order valence-electron chi connectivity index (χ4n) is 5.01. The average molecular weight is 333 g/mol. The number of carbonyl (C=O) groups is 1. The fraction of sp³-hybridized carbons (Fsp3) is 0.737. The fourth-order valence-corrected chi connectivity index (χ4v) is 5.01. The van der Waals surface area contributed by atoms with Gasteiger partial charge in [0.25, 0.3) is 0 Å². The highest BCUT2D eigenvalue weighted by molar-refractivity contribution is 5.81. The molecule has 1 amide bonds. The van der Waals surface area contributed by atoms with Crippen LogP contribution >= 0.6 is 0 Å². The highest BCUT2D eigenvalue weighted by Crippen LogP contribution is 2.44. The van der Waals surface area contributed by atoms with Crippen LogP contribution in [0.15, 0.2) is 23.8 Å². The van der Waals surface area contributed by atoms with Gasteiger partial charge in [0.15, 0.2) is 0 Å². The summed E-state index contributed by atoms with van der Waals surface area (Å²) in [6.45, 7) is 5.92. The van der Waals surface area contributed by atoms with Crippen LogP contribution in [-0.4, -0.2) is 60.8 Å². The molecule has 2 aliphatic heterocycles. The normalized spacial score (nSPS) is 35.2. The molecule has 2 heterocycles. The van der Waals surface area contributed by atoms with E-state index < -0.39 is 5.66 Å². The number of hydrogen-bond donors (Lipinski definition) is 1. The van der Waals surface area contributed by atoms with Gasteiger partial charge in [-0.1, -0.05) is 24.6 Å². The lowest BCUT2D eigenvalue weighted by Gasteiger charge is -2.57. The smallest absolute Gasteiger partial charge is 0.227 e. The molecule has 0 spiro atoms. The molecule has 0 saturated carbocycles. The number of nitrogens with two attached hydrogens (primary N) is 1. The first-order chi connectivity index (χ1) is 11.6. The predicted octanol–water partition coefficient (Wildman–Crippen LogP) is 1.90. The molecule has 2 N–H and O–H groups in total. The Bertz CT molecular complexity index is 523. The number of nitrogens with zero attached hydrogens (tertiary/aromatic N) is 2. The third-order valence-electron chi connectivity index (χ3n) is 5.98. The molecule has 1 aliphatic carbocycles. The SMILES string of the molecule is COCC1CCCCN1C1(N2CCCC2)C(C)=CC=CC1C(N)=O. The molecule has 3 rings (SSSR count). The van der Waals surface area contributed by atoms with Crippen LogP contribution in [0.5, 0.6) is 0 Å². The van der Waals surface area contributed by atoms with Gasteiger partial charge >= 0.3 is 0 Å². The summed E-state index contributed by atoms with van der Waals surface area (Å²) < 4.78 is 5.53. The highest BCUT2D eigenvalue weighted by atomic mass is 16.5. The van der Waals surface area contributed by atoms with Crippen molar-refractivity contribution in [3.63, 3.8) is 0 Å². The molecule has 0 aromatic rings. The van der Waals surface area contributed by atoms with E-state index in [4.69, 9.17) is 10.5 Å². The summed E-state index contributed by atoms with van der Waals surface area (Å²) in [6.07, 6.45) is 12.0. The number of hydrogen-bond acceptors (Lipinski definition) is 4. The summed E-state index contributed by atoms with van der Waals surface area (Å²) in [5, 5.41) is 0. The molecule has 0 aromatic carbocycles. The Balaban J connectivity index is 2.08. The number of rotatable bonds is 5. The first-order valence-electron chi connectivity index (χ1n) is 9.28. The van der Waals surface area contributed by atoms with Crippen molar-refractivity contribution < 1.29 is 9.53 Å². The maximum atomic E-state index is 12.4. The molecule has 0 bridgehead atoms. The molecule has 0 radical (unpaired) electrons. The molecule has 2 saturated heterocycles. The molecule has 3 atom stereocenters. The van der Waals surface area contributed by atoms with Gasteiger partial charge in [0, 0.05) is 32.8 Å². The monoisotopic (exact) mass is 333 g/mol. The Morgan fingerprint density at radius 1 is 1.29 bits per heavy atom. The zero-order chi connectivity index (χ0) is 17.2. The maximum absolute atomic E-state index is 12.4. The van der Waals surface area contributed by atoms with Crippen LogP contribution in [0, 0.1) is 5.92 Å². The van der Waals surface area contributed by atoms with Crippen LogP contribution in [0.25, 0.3) is 0 Å². The quantitative estimate of drug-likeness (QED) is 0.835. The minimum Gasteiger partial charge on any atom is -0.383 e. The summed E-state index contributed by atoms with van der Waals surface area (Å²) in [5.41, 5.74) is 6.72. The minimum atomic E-state index is -0.416. The van der Waals surface area contributed by atoms with Crippen molar-refractivity contribution in [2.75, 3.05) is 33.4 Å². The number of amides is 1. The molecule has 5 nitrogen and oxygen atoms in total. The van der Waals surface area contributed by atoms with Crippen molar-refractivity contribution in [2.24, 2.45) is 11.7 Å². The lowest BCUT2D eigenvalue weighted by Crippen LogP contribution is -2.70. The number of primary amides is 1. The van der Waals surface area contributed by atoms with Crippen LogP contribution < -0.4 is 5.73 Å². The van der Waals surface area contributed by atoms with E-state index in [1.165, 1.54) is 24.8 Å². The van der Waals surface area contributed by atoms with E-state index in [1.807, 2.05) is 12.2 Å². The third kappa shape index (κ3) is 2.83. The second-order valence-electron chi connectivity index (χ2n) is 7.33. The Kier molecular flexibility index (Phi) is 5.42. The van der Waals surface area contributed by atoms with E-state index >= 15 is 0 Å². The zero-order valence-electron chi connectivity index (χ0n) is 15.0. The lowest BCUT2D eigenvalue weighted by atomic mass is 9.77. The van der Waals surface area contributed by atoms with Crippen LogP contribution in [0.1, 0.15) is 39.0 Å². The van der Waals surface area contributed by atoms with Gasteiger partial charge in [0.2, 0.25) is 5.91 Å². The van der Waals surface area contributed by atoms with Crippen LogP contribution in [0.3, 0.4) is 0 Å². The molecule has 134 valence electrons. The van der Waals surface area contributed by atoms with Gasteiger partial charge in [-0.2, -0.15) is 0 Å². The Labute approximate surface area is 145 Å². The van der Waals surface area contributed by atoms with Gasteiger partial charge in [-0.25, -0.2) is 0 Å². The van der Waals surface area contributed by atoms with E-state index in [9.17, 15) is 4.79 Å². The molecule has 24 heavy (non-hydrogen) atoms. The first kappa shape index (κ1) is 17.6. The molecule has 3 unspecified atom stereocenters. The number of ether oxygens (including phenoxy) is 1. The van der Waals surface area contributed by atoms with E-state index in [1.54, 1.807) is 7.11 Å². The van der Waals surface area contributed by atoms with Crippen molar-refractivity contribution in [1.82, 2.24) is 9.80 Å². The summed E-state index contributed by atoms with van der Waals surface area (Å²) in [4.78, 5) is 17.5. The Morgan fingerprint density at radius 3 is 2.67 bits per heavy atom. The number of likely N-dealkylation sites (tertiary alicyclic amines) is 2. The highest BCUT2D eigenvalue weighted by Gasteiger charge is 2.54. The minimum absolute atomic E-state index is 0.229. The number of allylic oxidation sites excluding steroid dienone is 2. The van der Waals surface area contributed by atoms with E-state index in [-0.39, 0.29) is 11.8 Å². The number of methoxy groups -OCH3 is 1. The standard InChI is InChI=1S/C19H31N3O2/c1-15-8-7-10-17(18(20)23)19(15,21-11-5-6-12-21)22-13-4-3-9-16(22)14-24-2/h7-8,10,16-17H,3-6,9,11-14H2,1-2H3,(H2,20,23). The second-order valence-corrected chi connectivity index (χ2v) is 7.33. The summed E-state index contributed by atoms with van der Waals surface area (Å²) in [5.74, 6) is -0.537. The maximum Gasteiger partial charge on any atom is 0.227 e. The van der Waals surface area contributed by atoms with Crippen molar-refractivity contribution in [3.8, 4) is 0 Å². The van der Waals surface area contributed by atoms with Gasteiger partial charge in [-0.15, -0.1) is 0 Å². The third-order valence-corrected chi connectivity index (χ3v) is 5.98. The largest absolute Gasteiger partial charge is 0.383 e. The summed E-state index contributed by atoms with van der Waals surface area (Å²) in [7, 11) is 1.77. The molecule has 5 heteroatoms. The van der Waals surface area contributed by atoms with Crippen LogP contribution in [-0.2, 0) is 9.53 Å². The van der Waals surface area contributed by atoms with Gasteiger partial charge < -0.3 is 10.5 Å². The molecule has 3 aliphatic rings. The second kappa shape index (κ2) is 7.38. The van der Waals surface area contributed by atoms with Crippen LogP contribution in [0.2, 0.25) is 0 Å². The first-order valence-corrected chi connectivity index (χ1v) is 9.28. The molecule has 2 fully saturated rings. The van der Waals surface area contributed by atoms with Crippen LogP contribution in [0.4, 0.5) is 0 Å². The summed E-state index contributed by atoms with van der Waals surface area (Å²) >= 11 is 0. The van der Waals surface area contributed by atoms with E-state index in [0.29, 0.717) is 12.6 Å². The zero-order valence-corrected chi connectivity index (χ0v) is 15.0. The van der Waals surface area contributed by atoms with E-state index in [2.05, 4.69) is 22.8 Å². The molecular weight excluding hydrogens is 302 g/mol. The van der Waals surface area contributed by atoms with Crippen molar-refractivity contribution in [1.29, 1.82) is 0 Å². The number of carbonyl (C=O) groups excluding carboxylic acids is 1. The van der Waals surface area contributed by atoms with Gasteiger partial charge in [0.05, 0.1) is 12.5 Å². The number of piperidine rings is 1. The van der Waals surface area contributed by atoms with Crippen molar-refractivity contribution in [2.45, 2.75) is 50.7 Å². The molecule has 0 aromatic heterocycles. The van der Waals surface area contributed by atoms with Crippen molar-refractivity contribution >= 4 is 5.91 Å². The Morgan fingerprint density at radius 2 is 2.00 bits per heavy atom.